The fourth-order valence-electron chi connectivity index (χ4n) is 2.71. The fourth-order valence-corrected chi connectivity index (χ4v) is 2.71. The van der Waals surface area contributed by atoms with Gasteiger partial charge in [-0.15, -0.1) is 10.2 Å². The first-order valence-electron chi connectivity index (χ1n) is 8.24. The minimum absolute atomic E-state index is 0.0390. The molecule has 0 aliphatic rings. The molecule has 0 fully saturated rings. The molecule has 5 nitrogen and oxygen atoms in total. The van der Waals surface area contributed by atoms with Crippen LogP contribution in [0.5, 0.6) is 5.75 Å². The Hall–Kier alpha value is -3.56. The van der Waals surface area contributed by atoms with Crippen LogP contribution in [-0.4, -0.2) is 19.6 Å². The zero-order chi connectivity index (χ0) is 20.6. The third-order valence-electron chi connectivity index (χ3n) is 4.09. The molecule has 3 aromatic heterocycles. The van der Waals surface area contributed by atoms with E-state index >= 15 is 0 Å². The van der Waals surface area contributed by atoms with E-state index in [1.165, 1.54) is 54.9 Å². The van der Waals surface area contributed by atoms with Crippen molar-refractivity contribution in [3.63, 3.8) is 0 Å². The Morgan fingerprint density at radius 3 is 2.21 bits per heavy atom. The number of aromatic nitrogens is 4. The molecule has 29 heavy (non-hydrogen) atoms. The van der Waals surface area contributed by atoms with Gasteiger partial charge in [-0.05, 0) is 47.5 Å². The summed E-state index contributed by atoms with van der Waals surface area (Å²) in [4.78, 5) is 3.64. The van der Waals surface area contributed by atoms with E-state index in [0.29, 0.717) is 11.1 Å². The third-order valence-corrected chi connectivity index (χ3v) is 4.09. The SMILES string of the molecule is FC(F)(F)c1nnc2ccc(-c3ccc(OC(F)(F)c4cccnc4)cc3)cn12. The summed E-state index contributed by atoms with van der Waals surface area (Å²) in [6.07, 6.45) is -4.64. The Kier molecular flexibility index (Phi) is 4.40. The first kappa shape index (κ1) is 18.8. The van der Waals surface area contributed by atoms with E-state index in [0.717, 1.165) is 10.6 Å². The first-order valence-corrected chi connectivity index (χ1v) is 8.24. The van der Waals surface area contributed by atoms with Crippen LogP contribution in [0.4, 0.5) is 22.0 Å². The van der Waals surface area contributed by atoms with Gasteiger partial charge in [-0.25, -0.2) is 0 Å². The van der Waals surface area contributed by atoms with Gasteiger partial charge in [0.2, 0.25) is 5.82 Å². The van der Waals surface area contributed by atoms with E-state index in [9.17, 15) is 22.0 Å². The lowest BCUT2D eigenvalue weighted by atomic mass is 10.1. The smallest absolute Gasteiger partial charge is 0.429 e. The highest BCUT2D eigenvalue weighted by Crippen LogP contribution is 2.33. The molecule has 0 saturated carbocycles. The second-order valence-corrected chi connectivity index (χ2v) is 6.05. The molecule has 0 atom stereocenters. The largest absolute Gasteiger partial charge is 0.452 e. The minimum atomic E-state index is -4.66. The van der Waals surface area contributed by atoms with Crippen molar-refractivity contribution in [2.45, 2.75) is 12.3 Å². The molecule has 1 aromatic carbocycles. The summed E-state index contributed by atoms with van der Waals surface area (Å²) in [6, 6.07) is 11.0. The number of fused-ring (bicyclic) bond motifs is 1. The molecule has 0 aliphatic carbocycles. The second-order valence-electron chi connectivity index (χ2n) is 6.05. The average molecular weight is 406 g/mol. The van der Waals surface area contributed by atoms with E-state index < -0.39 is 23.7 Å². The molecule has 0 spiro atoms. The van der Waals surface area contributed by atoms with E-state index in [1.807, 2.05) is 0 Å². The van der Waals surface area contributed by atoms with Gasteiger partial charge in [0.15, 0.2) is 5.65 Å². The van der Waals surface area contributed by atoms with Crippen LogP contribution < -0.4 is 4.74 Å². The van der Waals surface area contributed by atoms with Crippen LogP contribution >= 0.6 is 0 Å². The van der Waals surface area contributed by atoms with E-state index in [1.54, 1.807) is 6.07 Å². The lowest BCUT2D eigenvalue weighted by Gasteiger charge is -2.18. The summed E-state index contributed by atoms with van der Waals surface area (Å²) < 4.78 is 73.0. The Morgan fingerprint density at radius 1 is 0.828 bits per heavy atom. The van der Waals surface area contributed by atoms with Crippen molar-refractivity contribution in [2.24, 2.45) is 0 Å². The highest BCUT2D eigenvalue weighted by molar-refractivity contribution is 5.65. The van der Waals surface area contributed by atoms with Gasteiger partial charge in [-0.1, -0.05) is 12.1 Å². The Bertz CT molecular complexity index is 1140. The highest BCUT2D eigenvalue weighted by atomic mass is 19.4. The molecular weight excluding hydrogens is 395 g/mol. The monoisotopic (exact) mass is 406 g/mol. The summed E-state index contributed by atoms with van der Waals surface area (Å²) in [6.45, 7) is 0. The van der Waals surface area contributed by atoms with Crippen molar-refractivity contribution in [1.29, 1.82) is 0 Å². The van der Waals surface area contributed by atoms with E-state index in [4.69, 9.17) is 4.74 Å². The predicted octanol–water partition coefficient (Wildman–Crippen LogP) is 4.94. The number of hydrogen-bond acceptors (Lipinski definition) is 4. The minimum Gasteiger partial charge on any atom is -0.429 e. The second kappa shape index (κ2) is 6.80. The molecule has 10 heteroatoms. The zero-order valence-corrected chi connectivity index (χ0v) is 14.4. The number of pyridine rings is 2. The van der Waals surface area contributed by atoms with Crippen molar-refractivity contribution >= 4 is 5.65 Å². The van der Waals surface area contributed by atoms with Crippen LogP contribution in [-0.2, 0) is 12.3 Å². The van der Waals surface area contributed by atoms with Crippen LogP contribution in [0.1, 0.15) is 11.4 Å². The van der Waals surface area contributed by atoms with Gasteiger partial charge in [-0.3, -0.25) is 9.38 Å². The topological polar surface area (TPSA) is 52.3 Å². The lowest BCUT2D eigenvalue weighted by Crippen LogP contribution is -2.21. The van der Waals surface area contributed by atoms with Gasteiger partial charge in [-0.2, -0.15) is 22.0 Å². The Morgan fingerprint density at radius 2 is 1.55 bits per heavy atom. The van der Waals surface area contributed by atoms with E-state index in [-0.39, 0.29) is 11.4 Å². The summed E-state index contributed by atoms with van der Waals surface area (Å²) in [5.41, 5.74) is 0.568. The van der Waals surface area contributed by atoms with E-state index in [2.05, 4.69) is 15.2 Å². The molecule has 0 aliphatic heterocycles. The third kappa shape index (κ3) is 3.73. The number of rotatable bonds is 4. The normalized spacial score (nSPS) is 12.3. The highest BCUT2D eigenvalue weighted by Gasteiger charge is 2.37. The van der Waals surface area contributed by atoms with Crippen LogP contribution in [0.3, 0.4) is 0 Å². The summed E-state index contributed by atoms with van der Waals surface area (Å²) in [7, 11) is 0. The van der Waals surface area contributed by atoms with Crippen molar-refractivity contribution in [3.05, 3.63) is 78.5 Å². The number of halogens is 5. The molecule has 4 rings (SSSR count). The summed E-state index contributed by atoms with van der Waals surface area (Å²) in [5.74, 6) is -1.26. The molecule has 4 aromatic rings. The average Bonchev–Trinajstić information content (AvgIpc) is 3.13. The van der Waals surface area contributed by atoms with Crippen LogP contribution in [0, 0.1) is 0 Å². The number of hydrogen-bond donors (Lipinski definition) is 0. The molecule has 3 heterocycles. The van der Waals surface area contributed by atoms with Gasteiger partial charge < -0.3 is 4.74 Å². The Balaban J connectivity index is 1.61. The van der Waals surface area contributed by atoms with Crippen molar-refractivity contribution in [3.8, 4) is 16.9 Å². The summed E-state index contributed by atoms with van der Waals surface area (Å²) in [5, 5.41) is 6.65. The quantitative estimate of drug-likeness (QED) is 0.451. The zero-order valence-electron chi connectivity index (χ0n) is 14.4. The molecule has 0 amide bonds. The lowest BCUT2D eigenvalue weighted by molar-refractivity contribution is -0.185. The van der Waals surface area contributed by atoms with Crippen LogP contribution in [0.25, 0.3) is 16.8 Å². The number of benzene rings is 1. The van der Waals surface area contributed by atoms with Crippen molar-refractivity contribution in [1.82, 2.24) is 19.6 Å². The molecule has 0 saturated heterocycles. The van der Waals surface area contributed by atoms with Crippen LogP contribution in [0.15, 0.2) is 67.1 Å². The van der Waals surface area contributed by atoms with Gasteiger partial charge in [0, 0.05) is 18.6 Å². The van der Waals surface area contributed by atoms with Gasteiger partial charge in [0.1, 0.15) is 5.75 Å². The van der Waals surface area contributed by atoms with Crippen LogP contribution in [0.2, 0.25) is 0 Å². The Labute approximate surface area is 160 Å². The van der Waals surface area contributed by atoms with Gasteiger partial charge in [0.05, 0.1) is 5.56 Å². The van der Waals surface area contributed by atoms with Gasteiger partial charge in [0.25, 0.3) is 0 Å². The number of nitrogens with zero attached hydrogens (tertiary/aromatic N) is 4. The standard InChI is InChI=1S/C19H11F5N4O/c20-18(21,22)17-27-26-16-8-5-13(11-28(16)17)12-3-6-15(7-4-12)29-19(23,24)14-2-1-9-25-10-14/h1-11H. The molecule has 0 N–H and O–H groups in total. The molecule has 0 radical (unpaired) electrons. The maximum Gasteiger partial charge on any atom is 0.452 e. The van der Waals surface area contributed by atoms with Crippen molar-refractivity contribution in [2.75, 3.05) is 0 Å². The van der Waals surface area contributed by atoms with Gasteiger partial charge >= 0.3 is 12.3 Å². The number of alkyl halides is 5. The molecule has 0 unspecified atom stereocenters. The molecule has 0 bridgehead atoms. The maximum absolute atomic E-state index is 14.2. The molecule has 148 valence electrons. The molecular formula is C19H11F5N4O. The fraction of sp³-hybridized carbons (Fsp3) is 0.105. The summed E-state index contributed by atoms with van der Waals surface area (Å²) >= 11 is 0. The number of ether oxygens (including phenoxy) is 1. The maximum atomic E-state index is 14.2. The predicted molar refractivity (Wildman–Crippen MR) is 92.2 cm³/mol. The first-order chi connectivity index (χ1) is 13.7. The van der Waals surface area contributed by atoms with Crippen molar-refractivity contribution < 1.29 is 26.7 Å².